The van der Waals surface area contributed by atoms with E-state index in [1.165, 1.54) is 0 Å². The standard InChI is InChI=1S/C21H26ClNO4/c1-5-11-26-12-16-17(20(24)18(22)13(4)27-16)21(25)23-19-14(6-2)9-8-10-15(19)7-3/h8-10H,5-7,11-12H2,1-4H3,(H,23,25). The zero-order valence-electron chi connectivity index (χ0n) is 16.3. The number of halogens is 1. The Morgan fingerprint density at radius 1 is 1.19 bits per heavy atom. The third-order valence-corrected chi connectivity index (χ3v) is 4.77. The predicted octanol–water partition coefficient (Wildman–Crippen LogP) is 4.91. The van der Waals surface area contributed by atoms with E-state index in [4.69, 9.17) is 20.8 Å². The third kappa shape index (κ3) is 4.79. The summed E-state index contributed by atoms with van der Waals surface area (Å²) in [4.78, 5) is 25.7. The quantitative estimate of drug-likeness (QED) is 0.649. The molecular weight excluding hydrogens is 366 g/mol. The number of amides is 1. The van der Waals surface area contributed by atoms with Crippen molar-refractivity contribution in [3.63, 3.8) is 0 Å². The van der Waals surface area contributed by atoms with Crippen LogP contribution in [0.3, 0.4) is 0 Å². The molecule has 0 aliphatic carbocycles. The molecule has 1 heterocycles. The second kappa shape index (κ2) is 9.72. The first kappa shape index (κ1) is 21.2. The van der Waals surface area contributed by atoms with Gasteiger partial charge in [0.1, 0.15) is 28.7 Å². The molecule has 146 valence electrons. The van der Waals surface area contributed by atoms with Crippen molar-refractivity contribution in [2.24, 2.45) is 0 Å². The lowest BCUT2D eigenvalue weighted by Gasteiger charge is -2.16. The summed E-state index contributed by atoms with van der Waals surface area (Å²) in [6.07, 6.45) is 2.35. The highest BCUT2D eigenvalue weighted by Gasteiger charge is 2.23. The highest BCUT2D eigenvalue weighted by atomic mass is 35.5. The summed E-state index contributed by atoms with van der Waals surface area (Å²) < 4.78 is 11.1. The maximum Gasteiger partial charge on any atom is 0.263 e. The molecule has 0 radical (unpaired) electrons. The fourth-order valence-corrected chi connectivity index (χ4v) is 3.03. The minimum Gasteiger partial charge on any atom is -0.461 e. The third-order valence-electron chi connectivity index (χ3n) is 4.34. The summed E-state index contributed by atoms with van der Waals surface area (Å²) in [7, 11) is 0. The smallest absolute Gasteiger partial charge is 0.263 e. The van der Waals surface area contributed by atoms with E-state index in [-0.39, 0.29) is 28.7 Å². The van der Waals surface area contributed by atoms with Gasteiger partial charge in [0, 0.05) is 12.3 Å². The molecule has 1 N–H and O–H groups in total. The molecule has 0 saturated carbocycles. The van der Waals surface area contributed by atoms with Gasteiger partial charge < -0.3 is 14.5 Å². The zero-order chi connectivity index (χ0) is 20.0. The van der Waals surface area contributed by atoms with Gasteiger partial charge in [0.05, 0.1) is 0 Å². The molecule has 0 saturated heterocycles. The van der Waals surface area contributed by atoms with Crippen LogP contribution >= 0.6 is 11.6 Å². The molecule has 0 atom stereocenters. The number of para-hydroxylation sites is 1. The number of benzene rings is 1. The van der Waals surface area contributed by atoms with Crippen molar-refractivity contribution >= 4 is 23.2 Å². The molecule has 0 fully saturated rings. The normalized spacial score (nSPS) is 10.9. The number of rotatable bonds is 8. The number of hydrogen-bond donors (Lipinski definition) is 1. The molecule has 1 amide bonds. The number of carbonyl (C=O) groups is 1. The molecule has 6 heteroatoms. The molecule has 0 unspecified atom stereocenters. The monoisotopic (exact) mass is 391 g/mol. The predicted molar refractivity (Wildman–Crippen MR) is 108 cm³/mol. The van der Waals surface area contributed by atoms with Crippen LogP contribution in [0.2, 0.25) is 5.02 Å². The van der Waals surface area contributed by atoms with Crippen molar-refractivity contribution < 1.29 is 13.9 Å². The molecule has 27 heavy (non-hydrogen) atoms. The van der Waals surface area contributed by atoms with Crippen LogP contribution in [-0.2, 0) is 24.2 Å². The van der Waals surface area contributed by atoms with Crippen molar-refractivity contribution in [1.82, 2.24) is 0 Å². The molecule has 0 bridgehead atoms. The summed E-state index contributed by atoms with van der Waals surface area (Å²) in [6.45, 7) is 8.16. The molecule has 0 aliphatic heterocycles. The molecule has 2 aromatic rings. The fraction of sp³-hybridized carbons (Fsp3) is 0.429. The van der Waals surface area contributed by atoms with Crippen LogP contribution < -0.4 is 10.7 Å². The molecule has 0 aliphatic rings. The van der Waals surface area contributed by atoms with Gasteiger partial charge in [-0.05, 0) is 37.3 Å². The van der Waals surface area contributed by atoms with Gasteiger partial charge in [-0.3, -0.25) is 9.59 Å². The molecule has 1 aromatic carbocycles. The van der Waals surface area contributed by atoms with Gasteiger partial charge in [0.25, 0.3) is 5.91 Å². The van der Waals surface area contributed by atoms with Crippen LogP contribution in [0.15, 0.2) is 27.4 Å². The lowest BCUT2D eigenvalue weighted by molar-refractivity contribution is 0.0953. The average molecular weight is 392 g/mol. The first-order chi connectivity index (χ1) is 12.9. The largest absolute Gasteiger partial charge is 0.461 e. The number of carbonyl (C=O) groups excluding carboxylic acids is 1. The van der Waals surface area contributed by atoms with Crippen molar-refractivity contribution in [1.29, 1.82) is 0 Å². The Kier molecular flexibility index (Phi) is 7.63. The van der Waals surface area contributed by atoms with Crippen LogP contribution in [0.25, 0.3) is 0 Å². The summed E-state index contributed by atoms with van der Waals surface area (Å²) in [5.74, 6) is -0.0623. The van der Waals surface area contributed by atoms with Gasteiger partial charge in [-0.1, -0.05) is 50.6 Å². The number of aryl methyl sites for hydroxylation is 3. The molecule has 0 spiro atoms. The Labute approximate surface area is 164 Å². The lowest BCUT2D eigenvalue weighted by atomic mass is 10.0. The van der Waals surface area contributed by atoms with Gasteiger partial charge in [-0.25, -0.2) is 0 Å². The van der Waals surface area contributed by atoms with E-state index in [2.05, 4.69) is 5.32 Å². The Hall–Kier alpha value is -2.11. The van der Waals surface area contributed by atoms with E-state index < -0.39 is 11.3 Å². The number of hydrogen-bond acceptors (Lipinski definition) is 4. The van der Waals surface area contributed by atoms with Crippen LogP contribution in [0.4, 0.5) is 5.69 Å². The Bertz CT molecular complexity index is 851. The highest BCUT2D eigenvalue weighted by Crippen LogP contribution is 2.24. The summed E-state index contributed by atoms with van der Waals surface area (Å²) in [6, 6.07) is 5.89. The maximum atomic E-state index is 13.0. The topological polar surface area (TPSA) is 68.5 Å². The van der Waals surface area contributed by atoms with Gasteiger partial charge in [0.2, 0.25) is 5.43 Å². The molecule has 2 rings (SSSR count). The number of nitrogens with one attached hydrogen (secondary N) is 1. The van der Waals surface area contributed by atoms with Crippen molar-refractivity contribution in [2.75, 3.05) is 11.9 Å². The molecular formula is C21H26ClNO4. The second-order valence-electron chi connectivity index (χ2n) is 6.26. The van der Waals surface area contributed by atoms with E-state index in [9.17, 15) is 9.59 Å². The fourth-order valence-electron chi connectivity index (χ4n) is 2.90. The SMILES string of the molecule is CCCOCc1oc(C)c(Cl)c(=O)c1C(=O)Nc1c(CC)cccc1CC. The Morgan fingerprint density at radius 2 is 1.81 bits per heavy atom. The van der Waals surface area contributed by atoms with E-state index in [0.29, 0.717) is 6.61 Å². The van der Waals surface area contributed by atoms with E-state index >= 15 is 0 Å². The average Bonchev–Trinajstić information content (AvgIpc) is 2.66. The van der Waals surface area contributed by atoms with E-state index in [1.807, 2.05) is 39.0 Å². The van der Waals surface area contributed by atoms with Gasteiger partial charge in [-0.2, -0.15) is 0 Å². The van der Waals surface area contributed by atoms with Crippen LogP contribution in [0.5, 0.6) is 0 Å². The van der Waals surface area contributed by atoms with E-state index in [1.54, 1.807) is 6.92 Å². The summed E-state index contributed by atoms with van der Waals surface area (Å²) >= 11 is 6.05. The van der Waals surface area contributed by atoms with E-state index in [0.717, 1.165) is 36.1 Å². The highest BCUT2D eigenvalue weighted by molar-refractivity contribution is 6.31. The molecule has 5 nitrogen and oxygen atoms in total. The van der Waals surface area contributed by atoms with Gasteiger partial charge in [-0.15, -0.1) is 0 Å². The van der Waals surface area contributed by atoms with Crippen molar-refractivity contribution in [3.8, 4) is 0 Å². The Balaban J connectivity index is 2.47. The maximum absolute atomic E-state index is 13.0. The van der Waals surface area contributed by atoms with Crippen LogP contribution in [0, 0.1) is 6.92 Å². The first-order valence-electron chi connectivity index (χ1n) is 9.26. The lowest BCUT2D eigenvalue weighted by Crippen LogP contribution is -2.26. The minimum atomic E-state index is -0.542. The Morgan fingerprint density at radius 3 is 2.37 bits per heavy atom. The number of anilines is 1. The zero-order valence-corrected chi connectivity index (χ0v) is 17.0. The number of ether oxygens (including phenoxy) is 1. The van der Waals surface area contributed by atoms with Crippen LogP contribution in [0.1, 0.15) is 60.2 Å². The summed E-state index contributed by atoms with van der Waals surface area (Å²) in [5, 5.41) is 2.82. The molecule has 1 aromatic heterocycles. The van der Waals surface area contributed by atoms with Gasteiger partial charge in [0.15, 0.2) is 0 Å². The van der Waals surface area contributed by atoms with Crippen molar-refractivity contribution in [2.45, 2.75) is 53.6 Å². The van der Waals surface area contributed by atoms with Crippen molar-refractivity contribution in [3.05, 3.63) is 61.7 Å². The first-order valence-corrected chi connectivity index (χ1v) is 9.64. The van der Waals surface area contributed by atoms with Crippen LogP contribution in [-0.4, -0.2) is 12.5 Å². The van der Waals surface area contributed by atoms with Gasteiger partial charge >= 0.3 is 0 Å². The minimum absolute atomic E-state index is 0.0416. The summed E-state index contributed by atoms with van der Waals surface area (Å²) in [5.41, 5.74) is 2.11. The second-order valence-corrected chi connectivity index (χ2v) is 6.64.